The summed E-state index contributed by atoms with van der Waals surface area (Å²) in [5, 5.41) is 0. The van der Waals surface area contributed by atoms with Crippen molar-refractivity contribution in [2.45, 2.75) is 38.5 Å². The summed E-state index contributed by atoms with van der Waals surface area (Å²) in [6.45, 7) is 2.51. The number of Topliss-reactive ketones (excluding diaryl/α,β-unsaturated/α-hetero) is 1. The summed E-state index contributed by atoms with van der Waals surface area (Å²) in [6.07, 6.45) is 2.18. The number of hydrogen-bond acceptors (Lipinski definition) is 5. The van der Waals surface area contributed by atoms with Crippen LogP contribution in [-0.2, 0) is 9.59 Å². The number of nitrogens with zero attached hydrogens (tertiary/aromatic N) is 1. The van der Waals surface area contributed by atoms with Gasteiger partial charge in [0.05, 0.1) is 20.8 Å². The summed E-state index contributed by atoms with van der Waals surface area (Å²) in [5.74, 6) is 1.78. The van der Waals surface area contributed by atoms with E-state index in [9.17, 15) is 9.59 Å². The summed E-state index contributed by atoms with van der Waals surface area (Å²) in [4.78, 5) is 28.1. The molecule has 1 unspecified atom stereocenters. The number of rotatable bonds is 6. The first kappa shape index (κ1) is 21.0. The van der Waals surface area contributed by atoms with Gasteiger partial charge in [-0.15, -0.1) is 0 Å². The van der Waals surface area contributed by atoms with Crippen molar-refractivity contribution in [2.24, 2.45) is 0 Å². The number of hydrogen-bond donors (Lipinski definition) is 0. The normalized spacial score (nSPS) is 18.7. The number of allylic oxidation sites excluding steroid dienone is 2. The monoisotopic (exact) mass is 421 g/mol. The second kappa shape index (κ2) is 8.84. The van der Waals surface area contributed by atoms with Crippen molar-refractivity contribution in [1.82, 2.24) is 0 Å². The molecule has 162 valence electrons. The van der Waals surface area contributed by atoms with Gasteiger partial charge in [-0.3, -0.25) is 14.5 Å². The maximum Gasteiger partial charge on any atom is 0.232 e. The second-order valence-electron chi connectivity index (χ2n) is 7.66. The fourth-order valence-electron chi connectivity index (χ4n) is 4.50. The van der Waals surface area contributed by atoms with E-state index in [1.165, 1.54) is 0 Å². The van der Waals surface area contributed by atoms with Crippen molar-refractivity contribution in [3.05, 3.63) is 59.3 Å². The molecular weight excluding hydrogens is 394 g/mol. The fourth-order valence-corrected chi connectivity index (χ4v) is 4.50. The molecule has 1 aliphatic heterocycles. The Kier molecular flexibility index (Phi) is 5.98. The molecule has 2 aromatic rings. The molecule has 0 fully saturated rings. The number of benzene rings is 2. The van der Waals surface area contributed by atoms with Crippen molar-refractivity contribution in [1.29, 1.82) is 0 Å². The van der Waals surface area contributed by atoms with E-state index in [4.69, 9.17) is 14.2 Å². The third-order valence-corrected chi connectivity index (χ3v) is 5.89. The number of amides is 1. The third-order valence-electron chi connectivity index (χ3n) is 5.89. The molecule has 31 heavy (non-hydrogen) atoms. The van der Waals surface area contributed by atoms with E-state index in [0.717, 1.165) is 34.7 Å². The van der Waals surface area contributed by atoms with Crippen LogP contribution in [0.15, 0.2) is 53.7 Å². The van der Waals surface area contributed by atoms with E-state index >= 15 is 0 Å². The Morgan fingerprint density at radius 2 is 1.71 bits per heavy atom. The lowest BCUT2D eigenvalue weighted by molar-refractivity contribution is -0.119. The minimum Gasteiger partial charge on any atom is -0.494 e. The van der Waals surface area contributed by atoms with Crippen LogP contribution < -0.4 is 19.1 Å². The van der Waals surface area contributed by atoms with Gasteiger partial charge in [-0.25, -0.2) is 0 Å². The highest BCUT2D eigenvalue weighted by Gasteiger charge is 2.39. The number of anilines is 1. The molecule has 6 nitrogen and oxygen atoms in total. The maximum atomic E-state index is 13.3. The molecule has 4 rings (SSSR count). The zero-order valence-corrected chi connectivity index (χ0v) is 18.1. The van der Waals surface area contributed by atoms with E-state index in [2.05, 4.69) is 0 Å². The smallest absolute Gasteiger partial charge is 0.232 e. The quantitative estimate of drug-likeness (QED) is 0.680. The van der Waals surface area contributed by atoms with Crippen molar-refractivity contribution in [3.8, 4) is 17.2 Å². The van der Waals surface area contributed by atoms with Crippen LogP contribution in [0, 0.1) is 0 Å². The number of ketones is 1. The highest BCUT2D eigenvalue weighted by molar-refractivity contribution is 6.07. The van der Waals surface area contributed by atoms with Crippen LogP contribution >= 0.6 is 0 Å². The second-order valence-corrected chi connectivity index (χ2v) is 7.66. The van der Waals surface area contributed by atoms with E-state index in [0.29, 0.717) is 30.9 Å². The van der Waals surface area contributed by atoms with Gasteiger partial charge >= 0.3 is 0 Å². The zero-order valence-electron chi connectivity index (χ0n) is 18.1. The molecule has 1 aliphatic carbocycles. The van der Waals surface area contributed by atoms with Gasteiger partial charge in [0.1, 0.15) is 5.75 Å². The summed E-state index contributed by atoms with van der Waals surface area (Å²) < 4.78 is 16.3. The fraction of sp³-hybridized carbons (Fsp3) is 0.360. The Morgan fingerprint density at radius 3 is 2.39 bits per heavy atom. The molecule has 1 heterocycles. The Morgan fingerprint density at radius 1 is 0.968 bits per heavy atom. The molecule has 0 aromatic heterocycles. The zero-order chi connectivity index (χ0) is 22.0. The van der Waals surface area contributed by atoms with Crippen LogP contribution in [0.1, 0.15) is 44.1 Å². The molecule has 0 saturated carbocycles. The summed E-state index contributed by atoms with van der Waals surface area (Å²) in [7, 11) is 3.17. The van der Waals surface area contributed by atoms with Gasteiger partial charge in [-0.1, -0.05) is 6.07 Å². The predicted molar refractivity (Wildman–Crippen MR) is 118 cm³/mol. The summed E-state index contributed by atoms with van der Waals surface area (Å²) in [5.41, 5.74) is 3.21. The first-order valence-corrected chi connectivity index (χ1v) is 10.6. The lowest BCUT2D eigenvalue weighted by atomic mass is 9.77. The average molecular weight is 421 g/mol. The molecular formula is C25H27NO5. The van der Waals surface area contributed by atoms with Crippen molar-refractivity contribution in [2.75, 3.05) is 25.7 Å². The molecule has 0 saturated heterocycles. The first-order valence-electron chi connectivity index (χ1n) is 10.6. The van der Waals surface area contributed by atoms with E-state index < -0.39 is 0 Å². The van der Waals surface area contributed by atoms with Gasteiger partial charge in [-0.2, -0.15) is 0 Å². The third kappa shape index (κ3) is 3.90. The highest BCUT2D eigenvalue weighted by Crippen LogP contribution is 2.45. The molecule has 0 N–H and O–H groups in total. The standard InChI is InChI=1S/C25H27NO5/c1-4-31-18-11-9-17(10-12-18)26-20-6-5-7-21(27)25(20)19(15-24(26)28)16-8-13-22(29-2)23(14-16)30-3/h8-14,19H,4-7,15H2,1-3H3. The Balaban J connectivity index is 1.78. The van der Waals surface area contributed by atoms with Crippen LogP contribution in [0.4, 0.5) is 5.69 Å². The number of carbonyl (C=O) groups is 2. The molecule has 2 aliphatic rings. The molecule has 0 radical (unpaired) electrons. The lowest BCUT2D eigenvalue weighted by Crippen LogP contribution is -2.40. The van der Waals surface area contributed by atoms with E-state index in [1.807, 2.05) is 49.4 Å². The van der Waals surface area contributed by atoms with Crippen LogP contribution in [-0.4, -0.2) is 32.5 Å². The summed E-state index contributed by atoms with van der Waals surface area (Å²) >= 11 is 0. The maximum absolute atomic E-state index is 13.3. The molecule has 1 amide bonds. The molecule has 6 heteroatoms. The topological polar surface area (TPSA) is 65.1 Å². The van der Waals surface area contributed by atoms with Crippen molar-refractivity contribution < 1.29 is 23.8 Å². The van der Waals surface area contributed by atoms with E-state index in [-0.39, 0.29) is 24.0 Å². The predicted octanol–water partition coefficient (Wildman–Crippen LogP) is 4.63. The Bertz CT molecular complexity index is 1020. The Hall–Kier alpha value is -3.28. The molecule has 0 bridgehead atoms. The lowest BCUT2D eigenvalue weighted by Gasteiger charge is -2.38. The highest BCUT2D eigenvalue weighted by atomic mass is 16.5. The van der Waals surface area contributed by atoms with Gasteiger partial charge in [0.25, 0.3) is 0 Å². The minimum absolute atomic E-state index is 0.0163. The van der Waals surface area contributed by atoms with Gasteiger partial charge < -0.3 is 14.2 Å². The number of ether oxygens (including phenoxy) is 3. The molecule has 2 aromatic carbocycles. The largest absolute Gasteiger partial charge is 0.494 e. The van der Waals surface area contributed by atoms with E-state index in [1.54, 1.807) is 19.1 Å². The van der Waals surface area contributed by atoms with Crippen molar-refractivity contribution in [3.63, 3.8) is 0 Å². The molecule has 1 atom stereocenters. The van der Waals surface area contributed by atoms with Crippen LogP contribution in [0.2, 0.25) is 0 Å². The Labute approximate surface area is 182 Å². The number of methoxy groups -OCH3 is 2. The average Bonchev–Trinajstić information content (AvgIpc) is 2.79. The molecule has 0 spiro atoms. The van der Waals surface area contributed by atoms with Crippen LogP contribution in [0.3, 0.4) is 0 Å². The number of carbonyl (C=O) groups excluding carboxylic acids is 2. The van der Waals surface area contributed by atoms with Gasteiger partial charge in [0.2, 0.25) is 5.91 Å². The van der Waals surface area contributed by atoms with Crippen molar-refractivity contribution >= 4 is 17.4 Å². The first-order chi connectivity index (χ1) is 15.1. The van der Waals surface area contributed by atoms with Crippen LogP contribution in [0.25, 0.3) is 0 Å². The van der Waals surface area contributed by atoms with Gasteiger partial charge in [0, 0.05) is 35.7 Å². The van der Waals surface area contributed by atoms with Gasteiger partial charge in [0.15, 0.2) is 17.3 Å². The summed E-state index contributed by atoms with van der Waals surface area (Å²) in [6, 6.07) is 13.1. The van der Waals surface area contributed by atoms with Gasteiger partial charge in [-0.05, 0) is 61.7 Å². The minimum atomic E-state index is -0.283. The SMILES string of the molecule is CCOc1ccc(N2C(=O)CC(c3ccc(OC)c(OC)c3)C3=C2CCCC3=O)cc1. The van der Waals surface area contributed by atoms with Crippen LogP contribution in [0.5, 0.6) is 17.2 Å².